The highest BCUT2D eigenvalue weighted by Crippen LogP contribution is 2.20. The molecule has 2 aromatic rings. The Morgan fingerprint density at radius 3 is 2.71 bits per heavy atom. The van der Waals surface area contributed by atoms with Crippen molar-refractivity contribution < 1.29 is 9.59 Å². The van der Waals surface area contributed by atoms with Gasteiger partial charge in [-0.25, -0.2) is 5.43 Å². The van der Waals surface area contributed by atoms with Crippen molar-refractivity contribution in [1.82, 2.24) is 5.43 Å². The lowest BCUT2D eigenvalue weighted by molar-refractivity contribution is -0.120. The van der Waals surface area contributed by atoms with E-state index in [0.29, 0.717) is 16.4 Å². The number of anilines is 1. The molecule has 1 aromatic carbocycles. The summed E-state index contributed by atoms with van der Waals surface area (Å²) in [6, 6.07) is 9.10. The van der Waals surface area contributed by atoms with E-state index in [2.05, 4.69) is 15.8 Å². The molecule has 0 unspecified atom stereocenters. The monoisotopic (exact) mass is 363 g/mol. The van der Waals surface area contributed by atoms with Crippen LogP contribution in [0.15, 0.2) is 40.8 Å². The highest BCUT2D eigenvalue weighted by Gasteiger charge is 2.07. The number of halogens is 1. The second-order valence-corrected chi connectivity index (χ2v) is 6.77. The van der Waals surface area contributed by atoms with E-state index >= 15 is 0 Å². The molecular weight excluding hydrogens is 346 g/mol. The number of amides is 2. The molecular formula is C17H18ClN3O2S. The highest BCUT2D eigenvalue weighted by atomic mass is 35.5. The first-order chi connectivity index (χ1) is 11.4. The molecule has 0 aliphatic carbocycles. The summed E-state index contributed by atoms with van der Waals surface area (Å²) in [4.78, 5) is 24.7. The van der Waals surface area contributed by atoms with Crippen molar-refractivity contribution in [2.24, 2.45) is 5.10 Å². The fourth-order valence-electron chi connectivity index (χ4n) is 1.92. The lowest BCUT2D eigenvalue weighted by Crippen LogP contribution is -2.22. The predicted molar refractivity (Wildman–Crippen MR) is 98.7 cm³/mol. The van der Waals surface area contributed by atoms with Crippen molar-refractivity contribution in [2.75, 3.05) is 5.32 Å². The van der Waals surface area contributed by atoms with E-state index < -0.39 is 0 Å². The standard InChI is InChI=1S/C17H18ClN3O2S/c1-11-5-6-13(9-15(11)18)19-16(22)8-12(2)20-21-17(23)10-14-4-3-7-24-14/h3-7,9H,8,10H2,1-2H3,(H,19,22)(H,21,23)/b20-12-. The first-order valence-electron chi connectivity index (χ1n) is 7.34. The number of carbonyl (C=O) groups is 2. The van der Waals surface area contributed by atoms with Crippen molar-refractivity contribution in [3.8, 4) is 0 Å². The van der Waals surface area contributed by atoms with Gasteiger partial charge in [-0.15, -0.1) is 11.3 Å². The maximum absolute atomic E-state index is 12.0. The van der Waals surface area contributed by atoms with Crippen LogP contribution in [0.5, 0.6) is 0 Å². The molecule has 7 heteroatoms. The van der Waals surface area contributed by atoms with Gasteiger partial charge in [0.05, 0.1) is 12.8 Å². The SMILES string of the molecule is C/C(CC(=O)Nc1ccc(C)c(Cl)c1)=N/NC(=O)Cc1cccs1. The van der Waals surface area contributed by atoms with Gasteiger partial charge in [0.1, 0.15) is 0 Å². The molecule has 2 rings (SSSR count). The van der Waals surface area contributed by atoms with Crippen LogP contribution in [0.1, 0.15) is 23.8 Å². The van der Waals surface area contributed by atoms with Crippen LogP contribution in [0.25, 0.3) is 0 Å². The topological polar surface area (TPSA) is 70.6 Å². The lowest BCUT2D eigenvalue weighted by atomic mass is 10.2. The lowest BCUT2D eigenvalue weighted by Gasteiger charge is -2.07. The zero-order chi connectivity index (χ0) is 17.5. The number of nitrogens with one attached hydrogen (secondary N) is 2. The Morgan fingerprint density at radius 1 is 1.25 bits per heavy atom. The predicted octanol–water partition coefficient (Wildman–Crippen LogP) is 3.77. The molecule has 5 nitrogen and oxygen atoms in total. The number of hydrazone groups is 1. The molecule has 126 valence electrons. The van der Waals surface area contributed by atoms with Crippen LogP contribution < -0.4 is 10.7 Å². The molecule has 0 aliphatic heterocycles. The van der Waals surface area contributed by atoms with Crippen molar-refractivity contribution >= 4 is 46.2 Å². The molecule has 0 aliphatic rings. The van der Waals surface area contributed by atoms with Gasteiger partial charge in [0, 0.05) is 21.3 Å². The van der Waals surface area contributed by atoms with Crippen LogP contribution in [-0.4, -0.2) is 17.5 Å². The summed E-state index contributed by atoms with van der Waals surface area (Å²) in [5, 5.41) is 9.21. The molecule has 0 radical (unpaired) electrons. The molecule has 0 atom stereocenters. The smallest absolute Gasteiger partial charge is 0.245 e. The Balaban J connectivity index is 1.81. The Hall–Kier alpha value is -2.18. The van der Waals surface area contributed by atoms with Crippen molar-refractivity contribution in [3.63, 3.8) is 0 Å². The molecule has 2 N–H and O–H groups in total. The first-order valence-corrected chi connectivity index (χ1v) is 8.60. The fraction of sp³-hybridized carbons (Fsp3) is 0.235. The van der Waals surface area contributed by atoms with Gasteiger partial charge in [-0.05, 0) is 43.0 Å². The fourth-order valence-corrected chi connectivity index (χ4v) is 2.80. The van der Waals surface area contributed by atoms with Crippen LogP contribution in [0, 0.1) is 6.92 Å². The van der Waals surface area contributed by atoms with E-state index in [-0.39, 0.29) is 24.7 Å². The zero-order valence-electron chi connectivity index (χ0n) is 13.4. The number of aryl methyl sites for hydroxylation is 1. The van der Waals surface area contributed by atoms with E-state index in [0.717, 1.165) is 10.4 Å². The normalized spacial score (nSPS) is 11.2. The zero-order valence-corrected chi connectivity index (χ0v) is 15.0. The summed E-state index contributed by atoms with van der Waals surface area (Å²) in [5.74, 6) is -0.425. The first kappa shape index (κ1) is 18.2. The van der Waals surface area contributed by atoms with Crippen LogP contribution in [0.2, 0.25) is 5.02 Å². The number of carbonyl (C=O) groups excluding carboxylic acids is 2. The molecule has 0 saturated carbocycles. The van der Waals surface area contributed by atoms with Crippen LogP contribution in [-0.2, 0) is 16.0 Å². The molecule has 1 aromatic heterocycles. The van der Waals surface area contributed by atoms with Gasteiger partial charge in [0.15, 0.2) is 0 Å². The Labute approximate surface area is 149 Å². The van der Waals surface area contributed by atoms with Crippen molar-refractivity contribution in [3.05, 3.63) is 51.2 Å². The van der Waals surface area contributed by atoms with Crippen LogP contribution in [0.3, 0.4) is 0 Å². The minimum Gasteiger partial charge on any atom is -0.326 e. The average molecular weight is 364 g/mol. The summed E-state index contributed by atoms with van der Waals surface area (Å²) in [5.41, 5.74) is 4.55. The molecule has 0 fully saturated rings. The average Bonchev–Trinajstić information content (AvgIpc) is 3.02. The highest BCUT2D eigenvalue weighted by molar-refractivity contribution is 7.10. The Kier molecular flexibility index (Phi) is 6.52. The number of hydrogen-bond donors (Lipinski definition) is 2. The van der Waals surface area contributed by atoms with Crippen LogP contribution >= 0.6 is 22.9 Å². The van der Waals surface area contributed by atoms with Crippen molar-refractivity contribution in [1.29, 1.82) is 0 Å². The maximum Gasteiger partial charge on any atom is 0.245 e. The molecule has 24 heavy (non-hydrogen) atoms. The van der Waals surface area contributed by atoms with Gasteiger partial charge in [-0.2, -0.15) is 5.10 Å². The third kappa shape index (κ3) is 5.79. The summed E-state index contributed by atoms with van der Waals surface area (Å²) in [6.07, 6.45) is 0.368. The minimum atomic E-state index is -0.219. The molecule has 0 spiro atoms. The largest absolute Gasteiger partial charge is 0.326 e. The van der Waals surface area contributed by atoms with Gasteiger partial charge in [-0.3, -0.25) is 9.59 Å². The molecule has 1 heterocycles. The second kappa shape index (κ2) is 8.61. The Morgan fingerprint density at radius 2 is 2.04 bits per heavy atom. The number of nitrogens with zero attached hydrogens (tertiary/aromatic N) is 1. The van der Waals surface area contributed by atoms with Gasteiger partial charge < -0.3 is 5.32 Å². The van der Waals surface area contributed by atoms with Gasteiger partial charge in [0.25, 0.3) is 0 Å². The maximum atomic E-state index is 12.0. The third-order valence-electron chi connectivity index (χ3n) is 3.16. The molecule has 0 saturated heterocycles. The number of benzene rings is 1. The summed E-state index contributed by atoms with van der Waals surface area (Å²) >= 11 is 7.54. The van der Waals surface area contributed by atoms with E-state index in [1.807, 2.05) is 30.5 Å². The quantitative estimate of drug-likeness (QED) is 0.605. The van der Waals surface area contributed by atoms with E-state index in [1.54, 1.807) is 19.1 Å². The Bertz CT molecular complexity index is 757. The summed E-state index contributed by atoms with van der Waals surface area (Å²) < 4.78 is 0. The molecule has 0 bridgehead atoms. The second-order valence-electron chi connectivity index (χ2n) is 5.33. The summed E-state index contributed by atoms with van der Waals surface area (Å²) in [6.45, 7) is 3.58. The van der Waals surface area contributed by atoms with Crippen molar-refractivity contribution in [2.45, 2.75) is 26.7 Å². The van der Waals surface area contributed by atoms with Gasteiger partial charge in [-0.1, -0.05) is 23.7 Å². The van der Waals surface area contributed by atoms with Crippen LogP contribution in [0.4, 0.5) is 5.69 Å². The minimum absolute atomic E-state index is 0.0881. The van der Waals surface area contributed by atoms with Gasteiger partial charge >= 0.3 is 0 Å². The van der Waals surface area contributed by atoms with Gasteiger partial charge in [0.2, 0.25) is 11.8 Å². The number of rotatable bonds is 6. The number of thiophene rings is 1. The van der Waals surface area contributed by atoms with E-state index in [9.17, 15) is 9.59 Å². The third-order valence-corrected chi connectivity index (χ3v) is 4.44. The summed E-state index contributed by atoms with van der Waals surface area (Å²) in [7, 11) is 0. The number of hydrogen-bond acceptors (Lipinski definition) is 4. The van der Waals surface area contributed by atoms with E-state index in [4.69, 9.17) is 11.6 Å². The van der Waals surface area contributed by atoms with E-state index in [1.165, 1.54) is 11.3 Å². The molecule has 2 amide bonds.